The molecule has 6 nitrogen and oxygen atoms in total. The van der Waals surface area contributed by atoms with Gasteiger partial charge in [0, 0.05) is 43.3 Å². The quantitative estimate of drug-likeness (QED) is 0.772. The minimum absolute atomic E-state index is 0.00212. The molecule has 158 valence electrons. The molecule has 6 heteroatoms. The molecule has 1 aromatic carbocycles. The number of piperazine rings is 1. The highest BCUT2D eigenvalue weighted by atomic mass is 16.5. The van der Waals surface area contributed by atoms with E-state index < -0.39 is 0 Å². The highest BCUT2D eigenvalue weighted by molar-refractivity contribution is 5.94. The van der Waals surface area contributed by atoms with Crippen molar-refractivity contribution in [1.82, 2.24) is 15.5 Å². The van der Waals surface area contributed by atoms with Crippen molar-refractivity contribution in [2.24, 2.45) is 0 Å². The number of carbonyl (C=O) groups excluding carboxylic acids is 2. The molecule has 2 rings (SSSR count). The van der Waals surface area contributed by atoms with Gasteiger partial charge in [-0.2, -0.15) is 0 Å². The third kappa shape index (κ3) is 9.85. The van der Waals surface area contributed by atoms with Crippen molar-refractivity contribution in [2.45, 2.75) is 72.2 Å². The number of ether oxygens (including phenoxy) is 1. The third-order valence-corrected chi connectivity index (χ3v) is 4.10. The average Bonchev–Trinajstić information content (AvgIpc) is 2.55. The van der Waals surface area contributed by atoms with Gasteiger partial charge in [0.05, 0.1) is 0 Å². The zero-order valence-electron chi connectivity index (χ0n) is 18.5. The van der Waals surface area contributed by atoms with Gasteiger partial charge in [0.1, 0.15) is 5.60 Å². The number of amides is 1. The second-order valence-corrected chi connectivity index (χ2v) is 9.25. The first-order valence-electron chi connectivity index (χ1n) is 9.89. The predicted octanol–water partition coefficient (Wildman–Crippen LogP) is 2.97. The molecule has 0 radical (unpaired) electrons. The van der Waals surface area contributed by atoms with Crippen LogP contribution < -0.4 is 10.6 Å². The number of hydrogen-bond acceptors (Lipinski definition) is 5. The number of nitrogens with zero attached hydrogens (tertiary/aromatic N) is 1. The van der Waals surface area contributed by atoms with Crippen LogP contribution in [0.4, 0.5) is 0 Å². The summed E-state index contributed by atoms with van der Waals surface area (Å²) in [4.78, 5) is 24.3. The number of benzene rings is 1. The van der Waals surface area contributed by atoms with E-state index in [-0.39, 0.29) is 17.0 Å². The van der Waals surface area contributed by atoms with Gasteiger partial charge in [0.15, 0.2) is 0 Å². The fourth-order valence-electron chi connectivity index (χ4n) is 2.72. The van der Waals surface area contributed by atoms with Crippen LogP contribution in [-0.4, -0.2) is 54.1 Å². The monoisotopic (exact) mass is 391 g/mol. The van der Waals surface area contributed by atoms with Crippen LogP contribution in [0.1, 0.15) is 64.4 Å². The standard InChI is InChI=1S/C17H27N3O.C5H10O2/c1-13-11-18-8-9-20(13)12-14-6-5-7-15(10-14)16(21)19-17(2,3)4;1-5(2,3)7-4-6/h5-7,10,13,18H,8-9,11-12H2,1-4H3,(H,19,21);4H,1-3H3. The van der Waals surface area contributed by atoms with E-state index in [0.717, 1.165) is 31.7 Å². The van der Waals surface area contributed by atoms with Gasteiger partial charge < -0.3 is 15.4 Å². The molecule has 0 aliphatic carbocycles. The maximum atomic E-state index is 12.2. The minimum atomic E-state index is -0.318. The molecule has 1 amide bonds. The third-order valence-electron chi connectivity index (χ3n) is 4.10. The van der Waals surface area contributed by atoms with Gasteiger partial charge in [0.25, 0.3) is 12.4 Å². The number of rotatable bonds is 4. The first-order chi connectivity index (χ1) is 12.9. The van der Waals surface area contributed by atoms with Crippen LogP contribution in [0, 0.1) is 0 Å². The first kappa shape index (κ1) is 24.1. The summed E-state index contributed by atoms with van der Waals surface area (Å²) in [5.74, 6) is -0.00212. The van der Waals surface area contributed by atoms with Crippen LogP contribution in [0.15, 0.2) is 24.3 Å². The van der Waals surface area contributed by atoms with Gasteiger partial charge in [-0.25, -0.2) is 0 Å². The van der Waals surface area contributed by atoms with Crippen molar-refractivity contribution in [1.29, 1.82) is 0 Å². The van der Waals surface area contributed by atoms with Crippen molar-refractivity contribution >= 4 is 12.4 Å². The molecule has 1 atom stereocenters. The van der Waals surface area contributed by atoms with Crippen LogP contribution in [-0.2, 0) is 16.1 Å². The molecule has 2 N–H and O–H groups in total. The molecule has 1 aromatic rings. The van der Waals surface area contributed by atoms with Crippen LogP contribution >= 0.6 is 0 Å². The lowest BCUT2D eigenvalue weighted by Gasteiger charge is -2.34. The van der Waals surface area contributed by atoms with E-state index >= 15 is 0 Å². The van der Waals surface area contributed by atoms with E-state index in [0.29, 0.717) is 12.5 Å². The molecule has 1 saturated heterocycles. The summed E-state index contributed by atoms with van der Waals surface area (Å²) < 4.78 is 4.55. The molecule has 1 aliphatic heterocycles. The molecule has 1 heterocycles. The second kappa shape index (κ2) is 10.6. The van der Waals surface area contributed by atoms with Gasteiger partial charge in [-0.05, 0) is 66.2 Å². The average molecular weight is 392 g/mol. The predicted molar refractivity (Wildman–Crippen MR) is 113 cm³/mol. The van der Waals surface area contributed by atoms with Crippen molar-refractivity contribution in [3.63, 3.8) is 0 Å². The largest absolute Gasteiger partial charge is 0.462 e. The van der Waals surface area contributed by atoms with Crippen LogP contribution in [0.25, 0.3) is 0 Å². The lowest BCUT2D eigenvalue weighted by molar-refractivity contribution is -0.138. The number of nitrogens with one attached hydrogen (secondary N) is 2. The second-order valence-electron chi connectivity index (χ2n) is 9.25. The topological polar surface area (TPSA) is 70.7 Å². The molecular weight excluding hydrogens is 354 g/mol. The lowest BCUT2D eigenvalue weighted by atomic mass is 10.1. The molecule has 28 heavy (non-hydrogen) atoms. The molecule has 0 spiro atoms. The minimum Gasteiger partial charge on any atom is -0.462 e. The molecule has 0 bridgehead atoms. The Morgan fingerprint density at radius 3 is 2.46 bits per heavy atom. The molecule has 0 aromatic heterocycles. The summed E-state index contributed by atoms with van der Waals surface area (Å²) in [5.41, 5.74) is 1.41. The number of hydrogen-bond donors (Lipinski definition) is 2. The molecule has 1 unspecified atom stereocenters. The SMILES string of the molecule is CC(C)(C)OC=O.CC1CNCCN1Cc1cccc(C(=O)NC(C)(C)C)c1. The van der Waals surface area contributed by atoms with Crippen molar-refractivity contribution in [3.05, 3.63) is 35.4 Å². The highest BCUT2D eigenvalue weighted by Gasteiger charge is 2.19. The Labute approximate surface area is 170 Å². The van der Waals surface area contributed by atoms with Gasteiger partial charge >= 0.3 is 0 Å². The Bertz CT molecular complexity index is 633. The van der Waals surface area contributed by atoms with E-state index in [4.69, 9.17) is 0 Å². The Morgan fingerprint density at radius 1 is 1.29 bits per heavy atom. The Kier molecular flexibility index (Phi) is 9.11. The maximum Gasteiger partial charge on any atom is 0.293 e. The maximum absolute atomic E-state index is 12.2. The zero-order valence-corrected chi connectivity index (χ0v) is 18.5. The molecule has 1 fully saturated rings. The normalized spacial score (nSPS) is 17.9. The van der Waals surface area contributed by atoms with Crippen molar-refractivity contribution in [2.75, 3.05) is 19.6 Å². The van der Waals surface area contributed by atoms with Gasteiger partial charge in [-0.1, -0.05) is 12.1 Å². The fourth-order valence-corrected chi connectivity index (χ4v) is 2.72. The summed E-state index contributed by atoms with van der Waals surface area (Å²) in [6, 6.07) is 8.50. The Balaban J connectivity index is 0.000000480. The van der Waals surface area contributed by atoms with Crippen LogP contribution in [0.2, 0.25) is 0 Å². The van der Waals surface area contributed by atoms with Crippen molar-refractivity contribution < 1.29 is 14.3 Å². The van der Waals surface area contributed by atoms with E-state index in [2.05, 4.69) is 33.3 Å². The van der Waals surface area contributed by atoms with E-state index in [1.165, 1.54) is 5.56 Å². The van der Waals surface area contributed by atoms with Gasteiger partial charge in [-0.15, -0.1) is 0 Å². The van der Waals surface area contributed by atoms with Crippen molar-refractivity contribution in [3.8, 4) is 0 Å². The smallest absolute Gasteiger partial charge is 0.293 e. The van der Waals surface area contributed by atoms with Gasteiger partial charge in [0.2, 0.25) is 0 Å². The lowest BCUT2D eigenvalue weighted by Crippen LogP contribution is -2.49. The van der Waals surface area contributed by atoms with E-state index in [9.17, 15) is 9.59 Å². The Morgan fingerprint density at radius 2 is 1.96 bits per heavy atom. The fraction of sp³-hybridized carbons (Fsp3) is 0.636. The first-order valence-corrected chi connectivity index (χ1v) is 9.89. The molecule has 1 aliphatic rings. The summed E-state index contributed by atoms with van der Waals surface area (Å²) in [7, 11) is 0. The van der Waals surface area contributed by atoms with Crippen LogP contribution in [0.5, 0.6) is 0 Å². The molecule has 0 saturated carbocycles. The summed E-state index contributed by atoms with van der Waals surface area (Å²) in [5, 5.41) is 6.41. The Hall–Kier alpha value is -1.92. The summed E-state index contributed by atoms with van der Waals surface area (Å²) in [6.07, 6.45) is 0. The van der Waals surface area contributed by atoms with E-state index in [1.54, 1.807) is 0 Å². The number of carbonyl (C=O) groups is 2. The van der Waals surface area contributed by atoms with Gasteiger partial charge in [-0.3, -0.25) is 14.5 Å². The summed E-state index contributed by atoms with van der Waals surface area (Å²) >= 11 is 0. The van der Waals surface area contributed by atoms with Crippen LogP contribution in [0.3, 0.4) is 0 Å². The highest BCUT2D eigenvalue weighted by Crippen LogP contribution is 2.13. The molecular formula is C22H37N3O3. The van der Waals surface area contributed by atoms with E-state index in [1.807, 2.05) is 59.7 Å². The summed E-state index contributed by atoms with van der Waals surface area (Å²) in [6.45, 7) is 18.2. The zero-order chi connectivity index (χ0) is 21.4.